The fourth-order valence-electron chi connectivity index (χ4n) is 2.13. The molecule has 3 rings (SSSR count). The Morgan fingerprint density at radius 3 is 2.20 bits per heavy atom. The number of fused-ring (bicyclic) bond motifs is 1. The summed E-state index contributed by atoms with van der Waals surface area (Å²) in [5, 5.41) is 0.697. The highest BCUT2D eigenvalue weighted by atomic mass is 19.4. The minimum Gasteiger partial charge on any atom is -0.317 e. The molecule has 0 aliphatic rings. The fraction of sp³-hybridized carbons (Fsp3) is 0.0667. The first kappa shape index (κ1) is 12.7. The van der Waals surface area contributed by atoms with Crippen molar-refractivity contribution in [2.45, 2.75) is 6.18 Å². The molecular formula is C15H9F4N. The number of hydrogen-bond acceptors (Lipinski definition) is 0. The number of halogens is 4. The first-order valence-corrected chi connectivity index (χ1v) is 5.89. The van der Waals surface area contributed by atoms with Gasteiger partial charge in [-0.3, -0.25) is 0 Å². The molecule has 0 spiro atoms. The summed E-state index contributed by atoms with van der Waals surface area (Å²) in [4.78, 5) is 0. The van der Waals surface area contributed by atoms with Crippen molar-refractivity contribution >= 4 is 10.9 Å². The first-order valence-electron chi connectivity index (χ1n) is 5.89. The maximum atomic E-state index is 12.9. The summed E-state index contributed by atoms with van der Waals surface area (Å²) in [7, 11) is 0. The maximum absolute atomic E-state index is 12.9. The Kier molecular flexibility index (Phi) is 2.78. The summed E-state index contributed by atoms with van der Waals surface area (Å²) in [6.45, 7) is 0. The lowest BCUT2D eigenvalue weighted by atomic mass is 10.1. The summed E-state index contributed by atoms with van der Waals surface area (Å²) in [6, 6.07) is 10.9. The summed E-state index contributed by atoms with van der Waals surface area (Å²) in [5.74, 6) is -0.388. The fourth-order valence-corrected chi connectivity index (χ4v) is 2.13. The molecule has 1 aromatic heterocycles. The SMILES string of the molecule is Fc1ccc(-n2ccc3ccc(C(F)(F)F)cc32)cc1. The predicted molar refractivity (Wildman–Crippen MR) is 68.2 cm³/mol. The number of benzene rings is 2. The van der Waals surface area contributed by atoms with E-state index in [1.807, 2.05) is 0 Å². The van der Waals surface area contributed by atoms with E-state index in [0.29, 0.717) is 16.6 Å². The quantitative estimate of drug-likeness (QED) is 0.564. The van der Waals surface area contributed by atoms with Crippen molar-refractivity contribution in [1.29, 1.82) is 0 Å². The molecule has 1 nitrogen and oxygen atoms in total. The van der Waals surface area contributed by atoms with Gasteiger partial charge in [0.2, 0.25) is 0 Å². The van der Waals surface area contributed by atoms with Gasteiger partial charge in [0.1, 0.15) is 5.82 Å². The average molecular weight is 279 g/mol. The molecule has 0 saturated heterocycles. The lowest BCUT2D eigenvalue weighted by molar-refractivity contribution is -0.137. The van der Waals surface area contributed by atoms with Gasteiger partial charge in [0, 0.05) is 11.9 Å². The minimum atomic E-state index is -4.38. The van der Waals surface area contributed by atoms with Crippen molar-refractivity contribution in [1.82, 2.24) is 4.57 Å². The summed E-state index contributed by atoms with van der Waals surface area (Å²) in [6.07, 6.45) is -2.72. The maximum Gasteiger partial charge on any atom is 0.416 e. The van der Waals surface area contributed by atoms with E-state index in [-0.39, 0.29) is 5.82 Å². The van der Waals surface area contributed by atoms with Crippen LogP contribution in [0.1, 0.15) is 5.56 Å². The highest BCUT2D eigenvalue weighted by Gasteiger charge is 2.30. The molecule has 102 valence electrons. The number of hydrogen-bond donors (Lipinski definition) is 0. The monoisotopic (exact) mass is 279 g/mol. The third kappa shape index (κ3) is 2.15. The highest BCUT2D eigenvalue weighted by molar-refractivity contribution is 5.82. The van der Waals surface area contributed by atoms with E-state index in [9.17, 15) is 17.6 Å². The van der Waals surface area contributed by atoms with Crippen molar-refractivity contribution in [3.63, 3.8) is 0 Å². The Balaban J connectivity index is 2.19. The van der Waals surface area contributed by atoms with Crippen LogP contribution in [-0.2, 0) is 6.18 Å². The van der Waals surface area contributed by atoms with Crippen LogP contribution in [0.5, 0.6) is 0 Å². The van der Waals surface area contributed by atoms with Crippen LogP contribution in [0, 0.1) is 5.82 Å². The summed E-state index contributed by atoms with van der Waals surface area (Å²) in [5.41, 5.74) is 0.346. The second-order valence-corrected chi connectivity index (χ2v) is 4.43. The van der Waals surface area contributed by atoms with Gasteiger partial charge < -0.3 is 4.57 Å². The van der Waals surface area contributed by atoms with E-state index < -0.39 is 11.7 Å². The third-order valence-corrected chi connectivity index (χ3v) is 3.13. The predicted octanol–water partition coefficient (Wildman–Crippen LogP) is 4.79. The molecule has 0 saturated carbocycles. The van der Waals surface area contributed by atoms with E-state index in [4.69, 9.17) is 0 Å². The molecule has 0 atom stereocenters. The normalized spacial score (nSPS) is 12.0. The van der Waals surface area contributed by atoms with Gasteiger partial charge in [-0.1, -0.05) is 6.07 Å². The molecule has 0 unspecified atom stereocenters. The van der Waals surface area contributed by atoms with Crippen LogP contribution in [0.15, 0.2) is 54.7 Å². The molecule has 20 heavy (non-hydrogen) atoms. The van der Waals surface area contributed by atoms with E-state index in [1.54, 1.807) is 16.8 Å². The second-order valence-electron chi connectivity index (χ2n) is 4.43. The van der Waals surface area contributed by atoms with Gasteiger partial charge in [-0.2, -0.15) is 13.2 Å². The van der Waals surface area contributed by atoms with Crippen LogP contribution < -0.4 is 0 Å². The van der Waals surface area contributed by atoms with Crippen LogP contribution >= 0.6 is 0 Å². The van der Waals surface area contributed by atoms with Crippen molar-refractivity contribution in [2.24, 2.45) is 0 Å². The first-order chi connectivity index (χ1) is 9.45. The number of aromatic nitrogens is 1. The highest BCUT2D eigenvalue weighted by Crippen LogP contribution is 2.32. The summed E-state index contributed by atoms with van der Waals surface area (Å²) >= 11 is 0. The Hall–Kier alpha value is -2.30. The lowest BCUT2D eigenvalue weighted by Gasteiger charge is -2.09. The largest absolute Gasteiger partial charge is 0.416 e. The smallest absolute Gasteiger partial charge is 0.317 e. The van der Waals surface area contributed by atoms with Crippen LogP contribution in [0.2, 0.25) is 0 Å². The van der Waals surface area contributed by atoms with Gasteiger partial charge in [0.25, 0.3) is 0 Å². The van der Waals surface area contributed by atoms with Crippen LogP contribution in [0.25, 0.3) is 16.6 Å². The van der Waals surface area contributed by atoms with Crippen molar-refractivity contribution in [2.75, 3.05) is 0 Å². The van der Waals surface area contributed by atoms with Crippen LogP contribution in [0.3, 0.4) is 0 Å². The topological polar surface area (TPSA) is 4.93 Å². The standard InChI is InChI=1S/C15H9F4N/c16-12-3-5-13(6-4-12)20-8-7-10-1-2-11(9-14(10)20)15(17,18)19/h1-9H. The number of alkyl halides is 3. The van der Waals surface area contributed by atoms with Crippen LogP contribution in [-0.4, -0.2) is 4.57 Å². The zero-order valence-corrected chi connectivity index (χ0v) is 10.2. The number of nitrogens with zero attached hydrogens (tertiary/aromatic N) is 1. The molecule has 0 fully saturated rings. The number of rotatable bonds is 1. The summed E-state index contributed by atoms with van der Waals surface area (Å²) < 4.78 is 52.8. The van der Waals surface area contributed by atoms with Crippen molar-refractivity contribution in [3.8, 4) is 5.69 Å². The molecule has 0 amide bonds. The van der Waals surface area contributed by atoms with Crippen LogP contribution in [0.4, 0.5) is 17.6 Å². The molecule has 2 aromatic carbocycles. The Labute approximate surface area is 112 Å². The lowest BCUT2D eigenvalue weighted by Crippen LogP contribution is -2.04. The van der Waals surface area contributed by atoms with Crippen molar-refractivity contribution in [3.05, 3.63) is 66.1 Å². The van der Waals surface area contributed by atoms with E-state index >= 15 is 0 Å². The van der Waals surface area contributed by atoms with E-state index in [1.165, 1.54) is 30.3 Å². The average Bonchev–Trinajstić information content (AvgIpc) is 2.81. The minimum absolute atomic E-state index is 0.388. The Bertz CT molecular complexity index is 754. The third-order valence-electron chi connectivity index (χ3n) is 3.13. The Morgan fingerprint density at radius 2 is 1.55 bits per heavy atom. The Morgan fingerprint density at radius 1 is 0.850 bits per heavy atom. The molecule has 5 heteroatoms. The molecular weight excluding hydrogens is 270 g/mol. The molecule has 1 heterocycles. The van der Waals surface area contributed by atoms with E-state index in [2.05, 4.69) is 0 Å². The molecule has 0 aliphatic heterocycles. The van der Waals surface area contributed by atoms with Crippen molar-refractivity contribution < 1.29 is 17.6 Å². The molecule has 0 aliphatic carbocycles. The molecule has 3 aromatic rings. The van der Waals surface area contributed by atoms with E-state index in [0.717, 1.165) is 12.1 Å². The van der Waals surface area contributed by atoms with Gasteiger partial charge in [0.05, 0.1) is 11.1 Å². The molecule has 0 N–H and O–H groups in total. The molecule has 0 radical (unpaired) electrons. The second kappa shape index (κ2) is 4.37. The van der Waals surface area contributed by atoms with Gasteiger partial charge >= 0.3 is 6.18 Å². The van der Waals surface area contributed by atoms with Gasteiger partial charge in [-0.05, 0) is 47.9 Å². The van der Waals surface area contributed by atoms with Gasteiger partial charge in [0.15, 0.2) is 0 Å². The zero-order valence-electron chi connectivity index (χ0n) is 10.2. The van der Waals surface area contributed by atoms with Gasteiger partial charge in [-0.25, -0.2) is 4.39 Å². The van der Waals surface area contributed by atoms with Gasteiger partial charge in [-0.15, -0.1) is 0 Å². The molecule has 0 bridgehead atoms. The zero-order chi connectivity index (χ0) is 14.3.